The molecule has 0 radical (unpaired) electrons. The van der Waals surface area contributed by atoms with E-state index in [4.69, 9.17) is 4.52 Å². The Morgan fingerprint density at radius 3 is 2.70 bits per heavy atom. The molecule has 0 saturated heterocycles. The first-order valence-electron chi connectivity index (χ1n) is 8.28. The average Bonchev–Trinajstić information content (AvgIpc) is 3.25. The Hall–Kier alpha value is -3.20. The molecule has 4 aromatic heterocycles. The fourth-order valence-electron chi connectivity index (χ4n) is 2.87. The molecule has 0 atom stereocenters. The first kappa shape index (κ1) is 17.2. The summed E-state index contributed by atoms with van der Waals surface area (Å²) in [6, 6.07) is 3.58. The van der Waals surface area contributed by atoms with Crippen LogP contribution >= 0.6 is 11.3 Å². The summed E-state index contributed by atoms with van der Waals surface area (Å²) in [5.74, 6) is 1.29. The quantitative estimate of drug-likeness (QED) is 0.580. The Labute approximate surface area is 158 Å². The van der Waals surface area contributed by atoms with Gasteiger partial charge in [0.25, 0.3) is 5.91 Å². The maximum absolute atomic E-state index is 12.6. The van der Waals surface area contributed by atoms with Crippen molar-refractivity contribution in [1.29, 1.82) is 0 Å². The van der Waals surface area contributed by atoms with E-state index in [-0.39, 0.29) is 12.5 Å². The zero-order chi connectivity index (χ0) is 19.0. The van der Waals surface area contributed by atoms with Gasteiger partial charge >= 0.3 is 0 Å². The molecule has 0 saturated carbocycles. The van der Waals surface area contributed by atoms with Crippen LogP contribution in [0.2, 0.25) is 0 Å². The van der Waals surface area contributed by atoms with Crippen LogP contribution in [-0.4, -0.2) is 31.0 Å². The lowest BCUT2D eigenvalue weighted by atomic mass is 10.1. The Bertz CT molecular complexity index is 1140. The van der Waals surface area contributed by atoms with Crippen LogP contribution in [0.4, 0.5) is 0 Å². The van der Waals surface area contributed by atoms with Crippen LogP contribution in [0.1, 0.15) is 32.6 Å². The third kappa shape index (κ3) is 3.28. The Kier molecular flexibility index (Phi) is 4.36. The van der Waals surface area contributed by atoms with Gasteiger partial charge in [0, 0.05) is 29.0 Å². The molecular weight excluding hydrogens is 364 g/mol. The Morgan fingerprint density at radius 2 is 1.93 bits per heavy atom. The van der Waals surface area contributed by atoms with Crippen molar-refractivity contribution in [3.63, 3.8) is 0 Å². The number of pyridine rings is 1. The van der Waals surface area contributed by atoms with Crippen molar-refractivity contribution >= 4 is 27.5 Å². The summed E-state index contributed by atoms with van der Waals surface area (Å²) in [4.78, 5) is 31.1. The van der Waals surface area contributed by atoms with E-state index in [9.17, 15) is 4.79 Å². The lowest BCUT2D eigenvalue weighted by Crippen LogP contribution is -2.22. The van der Waals surface area contributed by atoms with Crippen LogP contribution in [0.15, 0.2) is 29.0 Å². The first-order valence-corrected chi connectivity index (χ1v) is 9.10. The molecule has 136 valence electrons. The lowest BCUT2D eigenvalue weighted by Gasteiger charge is -2.01. The minimum absolute atomic E-state index is 0.147. The molecule has 0 aliphatic heterocycles. The molecule has 0 unspecified atom stereocenters. The maximum Gasteiger partial charge on any atom is 0.262 e. The van der Waals surface area contributed by atoms with Crippen molar-refractivity contribution in [2.45, 2.75) is 27.3 Å². The molecule has 8 nitrogen and oxygen atoms in total. The minimum Gasteiger partial charge on any atom is -0.342 e. The minimum atomic E-state index is -0.198. The van der Waals surface area contributed by atoms with Crippen LogP contribution < -0.4 is 5.32 Å². The number of amides is 1. The van der Waals surface area contributed by atoms with Crippen molar-refractivity contribution in [2.75, 3.05) is 0 Å². The second kappa shape index (κ2) is 6.84. The normalized spacial score (nSPS) is 11.1. The highest BCUT2D eigenvalue weighted by molar-refractivity contribution is 7.20. The smallest absolute Gasteiger partial charge is 0.262 e. The highest BCUT2D eigenvalue weighted by atomic mass is 32.1. The molecule has 9 heteroatoms. The molecule has 27 heavy (non-hydrogen) atoms. The predicted molar refractivity (Wildman–Crippen MR) is 100 cm³/mol. The molecule has 4 rings (SSSR count). The van der Waals surface area contributed by atoms with Crippen molar-refractivity contribution in [3.8, 4) is 11.4 Å². The number of carbonyl (C=O) groups is 1. The van der Waals surface area contributed by atoms with Gasteiger partial charge in [0.2, 0.25) is 11.7 Å². The van der Waals surface area contributed by atoms with Gasteiger partial charge in [-0.2, -0.15) is 4.98 Å². The molecule has 0 aliphatic carbocycles. The van der Waals surface area contributed by atoms with Gasteiger partial charge in [0.15, 0.2) is 0 Å². The number of fused-ring (bicyclic) bond motifs is 1. The standard InChI is InChI=1S/C18H16N6O2S/c1-9-14-10(2)21-11(3)22-18(14)27-15(9)17(25)20-8-13-23-16(24-26-13)12-4-6-19-7-5-12/h4-7H,8H2,1-3H3,(H,20,25). The van der Waals surface area contributed by atoms with Crippen LogP contribution in [0.3, 0.4) is 0 Å². The fraction of sp³-hybridized carbons (Fsp3) is 0.222. The van der Waals surface area contributed by atoms with E-state index in [0.717, 1.165) is 27.0 Å². The number of thiophene rings is 1. The van der Waals surface area contributed by atoms with Crippen molar-refractivity contribution in [2.24, 2.45) is 0 Å². The van der Waals surface area contributed by atoms with Crippen molar-refractivity contribution in [3.05, 3.63) is 52.4 Å². The van der Waals surface area contributed by atoms with E-state index in [0.29, 0.717) is 22.4 Å². The first-order chi connectivity index (χ1) is 13.0. The highest BCUT2D eigenvalue weighted by Crippen LogP contribution is 2.31. The molecule has 0 aliphatic rings. The third-order valence-corrected chi connectivity index (χ3v) is 5.28. The summed E-state index contributed by atoms with van der Waals surface area (Å²) in [5, 5.41) is 7.70. The van der Waals surface area contributed by atoms with Gasteiger partial charge in [0.1, 0.15) is 10.7 Å². The summed E-state index contributed by atoms with van der Waals surface area (Å²) in [5.41, 5.74) is 2.56. The van der Waals surface area contributed by atoms with Crippen molar-refractivity contribution < 1.29 is 9.32 Å². The average molecular weight is 380 g/mol. The zero-order valence-electron chi connectivity index (χ0n) is 15.0. The predicted octanol–water partition coefficient (Wildman–Crippen LogP) is 2.99. The van der Waals surface area contributed by atoms with Gasteiger partial charge in [-0.25, -0.2) is 9.97 Å². The number of hydrogen-bond acceptors (Lipinski definition) is 8. The topological polar surface area (TPSA) is 107 Å². The van der Waals surface area contributed by atoms with Crippen LogP contribution in [0.5, 0.6) is 0 Å². The van der Waals surface area contributed by atoms with Crippen molar-refractivity contribution in [1.82, 2.24) is 30.4 Å². The van der Waals surface area contributed by atoms with E-state index in [1.807, 2.05) is 20.8 Å². The maximum atomic E-state index is 12.6. The second-order valence-corrected chi connectivity index (χ2v) is 7.02. The molecule has 0 spiro atoms. The highest BCUT2D eigenvalue weighted by Gasteiger charge is 2.19. The molecule has 0 aromatic carbocycles. The van der Waals surface area contributed by atoms with Gasteiger partial charge in [0.05, 0.1) is 11.4 Å². The van der Waals surface area contributed by atoms with Gasteiger partial charge in [-0.3, -0.25) is 9.78 Å². The van der Waals surface area contributed by atoms with Gasteiger partial charge in [-0.1, -0.05) is 5.16 Å². The van der Waals surface area contributed by atoms with Gasteiger partial charge in [-0.05, 0) is 38.5 Å². The summed E-state index contributed by atoms with van der Waals surface area (Å²) in [6.45, 7) is 5.83. The van der Waals surface area contributed by atoms with Crippen LogP contribution in [0, 0.1) is 20.8 Å². The van der Waals surface area contributed by atoms with E-state index in [1.54, 1.807) is 24.5 Å². The molecule has 4 heterocycles. The Balaban J connectivity index is 1.52. The number of hydrogen-bond donors (Lipinski definition) is 1. The van der Waals surface area contributed by atoms with Crippen LogP contribution in [0.25, 0.3) is 21.6 Å². The lowest BCUT2D eigenvalue weighted by molar-refractivity contribution is 0.0950. The number of carbonyl (C=O) groups excluding carboxylic acids is 1. The molecule has 0 bridgehead atoms. The van der Waals surface area contributed by atoms with Gasteiger partial charge in [-0.15, -0.1) is 11.3 Å². The molecule has 1 N–H and O–H groups in total. The zero-order valence-corrected chi connectivity index (χ0v) is 15.8. The number of rotatable bonds is 4. The van der Waals surface area contributed by atoms with Crippen LogP contribution in [-0.2, 0) is 6.54 Å². The summed E-state index contributed by atoms with van der Waals surface area (Å²) >= 11 is 1.36. The number of aromatic nitrogens is 5. The molecule has 0 fully saturated rings. The third-order valence-electron chi connectivity index (χ3n) is 4.10. The Morgan fingerprint density at radius 1 is 1.15 bits per heavy atom. The molecule has 4 aromatic rings. The number of aryl methyl sites for hydroxylation is 3. The van der Waals surface area contributed by atoms with E-state index in [2.05, 4.69) is 30.4 Å². The summed E-state index contributed by atoms with van der Waals surface area (Å²) in [6.07, 6.45) is 3.31. The van der Waals surface area contributed by atoms with E-state index < -0.39 is 0 Å². The number of nitrogens with zero attached hydrogens (tertiary/aromatic N) is 5. The second-order valence-electron chi connectivity index (χ2n) is 6.02. The number of nitrogens with one attached hydrogen (secondary N) is 1. The largest absolute Gasteiger partial charge is 0.342 e. The summed E-state index contributed by atoms with van der Waals surface area (Å²) in [7, 11) is 0. The molecule has 1 amide bonds. The fourth-order valence-corrected chi connectivity index (χ4v) is 4.07. The summed E-state index contributed by atoms with van der Waals surface area (Å²) < 4.78 is 5.21. The van der Waals surface area contributed by atoms with Gasteiger partial charge < -0.3 is 9.84 Å². The monoisotopic (exact) mass is 380 g/mol. The SMILES string of the molecule is Cc1nc(C)c2c(C)c(C(=O)NCc3nc(-c4ccncc4)no3)sc2n1. The van der Waals surface area contributed by atoms with E-state index >= 15 is 0 Å². The molecular formula is C18H16N6O2S. The van der Waals surface area contributed by atoms with E-state index in [1.165, 1.54) is 11.3 Å².